The van der Waals surface area contributed by atoms with Crippen LogP contribution in [0.3, 0.4) is 0 Å². The summed E-state index contributed by atoms with van der Waals surface area (Å²) in [4.78, 5) is 19.6. The minimum atomic E-state index is -0.278. The van der Waals surface area contributed by atoms with E-state index in [2.05, 4.69) is 25.4 Å². The number of rotatable bonds is 6. The van der Waals surface area contributed by atoms with Crippen molar-refractivity contribution in [2.45, 2.75) is 25.0 Å². The van der Waals surface area contributed by atoms with Gasteiger partial charge in [0.1, 0.15) is 12.4 Å². The number of hydrogen-bond acceptors (Lipinski definition) is 8. The summed E-state index contributed by atoms with van der Waals surface area (Å²) in [6.45, 7) is 2.44. The van der Waals surface area contributed by atoms with Gasteiger partial charge < -0.3 is 14.4 Å². The van der Waals surface area contributed by atoms with Gasteiger partial charge in [-0.15, -0.1) is 5.10 Å². The minimum Gasteiger partial charge on any atom is -0.464 e. The zero-order valence-corrected chi connectivity index (χ0v) is 18.2. The van der Waals surface area contributed by atoms with E-state index in [1.807, 2.05) is 12.1 Å². The van der Waals surface area contributed by atoms with E-state index in [9.17, 15) is 4.79 Å². The topological polar surface area (TPSA) is 89.5 Å². The quantitative estimate of drug-likeness (QED) is 0.602. The SMILES string of the molecule is O=C(Nc1nnc(OCc2ccc(Cl)cc2)s1)c1cccnc1N1CCOC2(CC2)C1. The number of aromatic nitrogens is 3. The van der Waals surface area contributed by atoms with Crippen LogP contribution in [0.1, 0.15) is 28.8 Å². The lowest BCUT2D eigenvalue weighted by Gasteiger charge is -2.34. The molecule has 0 bridgehead atoms. The van der Waals surface area contributed by atoms with Crippen molar-refractivity contribution >= 4 is 39.8 Å². The molecule has 1 aliphatic carbocycles. The van der Waals surface area contributed by atoms with Crippen LogP contribution in [0, 0.1) is 0 Å². The third-order valence-corrected chi connectivity index (χ3v) is 6.29. The molecule has 2 aromatic heterocycles. The maximum Gasteiger partial charge on any atom is 0.296 e. The van der Waals surface area contributed by atoms with E-state index in [0.717, 1.165) is 24.9 Å². The van der Waals surface area contributed by atoms with Crippen molar-refractivity contribution < 1.29 is 14.3 Å². The number of ether oxygens (including phenoxy) is 2. The fourth-order valence-corrected chi connectivity index (χ4v) is 4.22. The van der Waals surface area contributed by atoms with E-state index < -0.39 is 0 Å². The molecule has 0 radical (unpaired) electrons. The molecule has 5 rings (SSSR count). The molecular weight excluding hydrogens is 438 g/mol. The molecular formula is C21H20ClN5O3S. The van der Waals surface area contributed by atoms with E-state index in [0.29, 0.717) is 46.5 Å². The van der Waals surface area contributed by atoms with Crippen LogP contribution in [0.2, 0.25) is 5.02 Å². The normalized spacial score (nSPS) is 16.9. The first kappa shape index (κ1) is 20.2. The van der Waals surface area contributed by atoms with Gasteiger partial charge in [0.05, 0.1) is 17.8 Å². The maximum atomic E-state index is 13.0. The lowest BCUT2D eigenvalue weighted by Crippen LogP contribution is -2.45. The second-order valence-electron chi connectivity index (χ2n) is 7.57. The monoisotopic (exact) mass is 457 g/mol. The van der Waals surface area contributed by atoms with Gasteiger partial charge in [-0.05, 0) is 54.0 Å². The molecule has 0 unspecified atom stereocenters. The zero-order valence-electron chi connectivity index (χ0n) is 16.6. The van der Waals surface area contributed by atoms with Crippen LogP contribution in [-0.4, -0.2) is 46.4 Å². The second kappa shape index (κ2) is 8.41. The Morgan fingerprint density at radius 1 is 1.26 bits per heavy atom. The Labute approximate surface area is 188 Å². The number of hydrogen-bond donors (Lipinski definition) is 1. The summed E-state index contributed by atoms with van der Waals surface area (Å²) in [7, 11) is 0. The van der Waals surface area contributed by atoms with Crippen LogP contribution in [0.15, 0.2) is 42.6 Å². The maximum absolute atomic E-state index is 13.0. The summed E-state index contributed by atoms with van der Waals surface area (Å²) >= 11 is 7.07. The van der Waals surface area contributed by atoms with Crippen LogP contribution < -0.4 is 15.0 Å². The van der Waals surface area contributed by atoms with Gasteiger partial charge in [-0.3, -0.25) is 10.1 Å². The second-order valence-corrected chi connectivity index (χ2v) is 8.95. The number of benzene rings is 1. The highest BCUT2D eigenvalue weighted by Gasteiger charge is 2.48. The molecule has 1 amide bonds. The van der Waals surface area contributed by atoms with Crippen molar-refractivity contribution in [1.29, 1.82) is 0 Å². The van der Waals surface area contributed by atoms with Crippen molar-refractivity contribution in [2.24, 2.45) is 0 Å². The summed E-state index contributed by atoms with van der Waals surface area (Å²) in [5, 5.41) is 12.2. The predicted molar refractivity (Wildman–Crippen MR) is 118 cm³/mol. The van der Waals surface area contributed by atoms with Crippen LogP contribution >= 0.6 is 22.9 Å². The number of nitrogens with zero attached hydrogens (tertiary/aromatic N) is 4. The first-order valence-corrected chi connectivity index (χ1v) is 11.2. The summed E-state index contributed by atoms with van der Waals surface area (Å²) in [5.74, 6) is 0.387. The fraction of sp³-hybridized carbons (Fsp3) is 0.333. The average molecular weight is 458 g/mol. The molecule has 1 saturated carbocycles. The summed E-state index contributed by atoms with van der Waals surface area (Å²) < 4.78 is 11.5. The van der Waals surface area contributed by atoms with Crippen molar-refractivity contribution in [2.75, 3.05) is 29.9 Å². The van der Waals surface area contributed by atoms with E-state index >= 15 is 0 Å². The molecule has 3 aromatic rings. The first-order valence-electron chi connectivity index (χ1n) is 9.96. The molecule has 1 aromatic carbocycles. The number of pyridine rings is 1. The van der Waals surface area contributed by atoms with Gasteiger partial charge in [-0.1, -0.05) is 28.8 Å². The van der Waals surface area contributed by atoms with Gasteiger partial charge in [0.15, 0.2) is 0 Å². The largest absolute Gasteiger partial charge is 0.464 e. The van der Waals surface area contributed by atoms with E-state index in [4.69, 9.17) is 21.1 Å². The van der Waals surface area contributed by atoms with Crippen LogP contribution in [0.4, 0.5) is 10.9 Å². The Kier molecular flexibility index (Phi) is 5.47. The molecule has 1 N–H and O–H groups in total. The summed E-state index contributed by atoms with van der Waals surface area (Å²) in [6.07, 6.45) is 3.82. The Morgan fingerprint density at radius 2 is 2.10 bits per heavy atom. The molecule has 160 valence electrons. The highest BCUT2D eigenvalue weighted by molar-refractivity contribution is 7.17. The molecule has 1 aliphatic heterocycles. The van der Waals surface area contributed by atoms with E-state index in [1.165, 1.54) is 11.3 Å². The Balaban J connectivity index is 1.24. The molecule has 31 heavy (non-hydrogen) atoms. The highest BCUT2D eigenvalue weighted by atomic mass is 35.5. The molecule has 10 heteroatoms. The van der Waals surface area contributed by atoms with Crippen LogP contribution in [0.25, 0.3) is 0 Å². The number of amides is 1. The van der Waals surface area contributed by atoms with Gasteiger partial charge in [-0.25, -0.2) is 4.98 Å². The molecule has 1 saturated heterocycles. The van der Waals surface area contributed by atoms with Crippen molar-refractivity contribution in [1.82, 2.24) is 15.2 Å². The summed E-state index contributed by atoms with van der Waals surface area (Å²) in [5.41, 5.74) is 1.40. The Bertz CT molecular complexity index is 1090. The number of halogens is 1. The minimum absolute atomic E-state index is 0.0565. The highest BCUT2D eigenvalue weighted by Crippen LogP contribution is 2.43. The molecule has 1 spiro atoms. The number of carbonyl (C=O) groups excluding carboxylic acids is 1. The standard InChI is InChI=1S/C21H20ClN5O3S/c22-15-5-3-14(4-6-15)12-29-20-26-25-19(31-20)24-18(28)16-2-1-9-23-17(16)27-10-11-30-21(13-27)7-8-21/h1-6,9H,7-8,10-13H2,(H,24,25,28). The number of anilines is 2. The van der Waals surface area contributed by atoms with Crippen LogP contribution in [-0.2, 0) is 11.3 Å². The van der Waals surface area contributed by atoms with Crippen molar-refractivity contribution in [3.8, 4) is 5.19 Å². The molecule has 2 aliphatic rings. The van der Waals surface area contributed by atoms with Gasteiger partial charge in [-0.2, -0.15) is 0 Å². The van der Waals surface area contributed by atoms with E-state index in [-0.39, 0.29) is 11.5 Å². The Hall–Kier alpha value is -2.75. The molecule has 3 heterocycles. The third kappa shape index (κ3) is 4.63. The smallest absolute Gasteiger partial charge is 0.296 e. The Morgan fingerprint density at radius 3 is 2.90 bits per heavy atom. The first-order chi connectivity index (χ1) is 15.1. The molecule has 2 fully saturated rings. The number of carbonyl (C=O) groups is 1. The molecule has 8 nitrogen and oxygen atoms in total. The van der Waals surface area contributed by atoms with Crippen LogP contribution in [0.5, 0.6) is 5.19 Å². The van der Waals surface area contributed by atoms with Gasteiger partial charge in [0.2, 0.25) is 5.13 Å². The lowest BCUT2D eigenvalue weighted by atomic mass is 10.2. The molecule has 0 atom stereocenters. The van der Waals surface area contributed by atoms with Gasteiger partial charge in [0.25, 0.3) is 11.1 Å². The summed E-state index contributed by atoms with van der Waals surface area (Å²) in [6, 6.07) is 10.9. The average Bonchev–Trinajstić information content (AvgIpc) is 3.37. The van der Waals surface area contributed by atoms with Gasteiger partial charge in [0, 0.05) is 24.3 Å². The number of nitrogens with one attached hydrogen (secondary N) is 1. The van der Waals surface area contributed by atoms with Crippen molar-refractivity contribution in [3.05, 3.63) is 58.7 Å². The van der Waals surface area contributed by atoms with E-state index in [1.54, 1.807) is 30.5 Å². The fourth-order valence-electron chi connectivity index (χ4n) is 3.50. The van der Waals surface area contributed by atoms with Crippen molar-refractivity contribution in [3.63, 3.8) is 0 Å². The number of morpholine rings is 1. The predicted octanol–water partition coefficient (Wildman–Crippen LogP) is 3.79. The zero-order chi connectivity index (χ0) is 21.3. The lowest BCUT2D eigenvalue weighted by molar-refractivity contribution is 0.0203. The third-order valence-electron chi connectivity index (χ3n) is 5.29. The van der Waals surface area contributed by atoms with Gasteiger partial charge >= 0.3 is 0 Å².